The summed E-state index contributed by atoms with van der Waals surface area (Å²) in [5, 5.41) is 20.1. The number of hydrogen-bond acceptors (Lipinski definition) is 4. The highest BCUT2D eigenvalue weighted by Crippen LogP contribution is 1.86. The maximum Gasteiger partial charge on any atom is 0.234 e. The molecule has 0 saturated carbocycles. The first kappa shape index (κ1) is 13.4. The predicted molar refractivity (Wildman–Crippen MR) is 53.9 cm³/mol. The molecule has 0 atom stereocenters. The van der Waals surface area contributed by atoms with Gasteiger partial charge in [0.05, 0.1) is 19.8 Å². The third kappa shape index (κ3) is 6.82. The summed E-state index contributed by atoms with van der Waals surface area (Å²) in [4.78, 5) is 13.0. The molecule has 1 amide bonds. The largest absolute Gasteiger partial charge is 0.395 e. The lowest BCUT2D eigenvalue weighted by Gasteiger charge is -2.19. The normalized spacial score (nSPS) is 10.6. The molecule has 0 aromatic carbocycles. The Balaban J connectivity index is 3.71. The molecule has 0 aromatic heterocycles. The van der Waals surface area contributed by atoms with Crippen molar-refractivity contribution in [2.24, 2.45) is 0 Å². The lowest BCUT2D eigenvalue weighted by Crippen LogP contribution is -2.40. The molecule has 5 heteroatoms. The van der Waals surface area contributed by atoms with Gasteiger partial charge in [0, 0.05) is 19.6 Å². The van der Waals surface area contributed by atoms with Gasteiger partial charge in [-0.15, -0.1) is 0 Å². The van der Waals surface area contributed by atoms with Gasteiger partial charge in [0.25, 0.3) is 0 Å². The minimum absolute atomic E-state index is 0.00105. The van der Waals surface area contributed by atoms with E-state index in [4.69, 9.17) is 10.2 Å². The van der Waals surface area contributed by atoms with Crippen molar-refractivity contribution in [3.05, 3.63) is 0 Å². The van der Waals surface area contributed by atoms with E-state index in [0.717, 1.165) is 6.42 Å². The molecular weight excluding hydrogens is 184 g/mol. The Morgan fingerprint density at radius 3 is 2.29 bits per heavy atom. The maximum atomic E-state index is 11.2. The fraction of sp³-hybridized carbons (Fsp3) is 0.889. The van der Waals surface area contributed by atoms with Gasteiger partial charge in [-0.2, -0.15) is 0 Å². The predicted octanol–water partition coefficient (Wildman–Crippen LogP) is -1.20. The highest BCUT2D eigenvalue weighted by molar-refractivity contribution is 5.77. The zero-order valence-corrected chi connectivity index (χ0v) is 8.70. The molecule has 14 heavy (non-hydrogen) atoms. The van der Waals surface area contributed by atoms with E-state index in [1.54, 1.807) is 4.90 Å². The first-order valence-corrected chi connectivity index (χ1v) is 4.95. The van der Waals surface area contributed by atoms with Crippen LogP contribution in [0.15, 0.2) is 0 Å². The van der Waals surface area contributed by atoms with Crippen LogP contribution < -0.4 is 5.32 Å². The summed E-state index contributed by atoms with van der Waals surface area (Å²) in [7, 11) is 0. The fourth-order valence-electron chi connectivity index (χ4n) is 1.08. The number of aliphatic hydroxyl groups excluding tert-OH is 2. The van der Waals surface area contributed by atoms with Crippen LogP contribution >= 0.6 is 0 Å². The molecule has 5 nitrogen and oxygen atoms in total. The van der Waals surface area contributed by atoms with Crippen LogP contribution in [0.5, 0.6) is 0 Å². The molecule has 0 fully saturated rings. The quantitative estimate of drug-likeness (QED) is 0.464. The smallest absolute Gasteiger partial charge is 0.234 e. The fourth-order valence-corrected chi connectivity index (χ4v) is 1.08. The topological polar surface area (TPSA) is 72.8 Å². The molecule has 3 N–H and O–H groups in total. The van der Waals surface area contributed by atoms with E-state index in [1.165, 1.54) is 0 Å². The van der Waals surface area contributed by atoms with Gasteiger partial charge in [0.1, 0.15) is 0 Å². The van der Waals surface area contributed by atoms with Crippen LogP contribution in [0.4, 0.5) is 0 Å². The zero-order chi connectivity index (χ0) is 10.8. The molecule has 0 bridgehead atoms. The number of nitrogens with one attached hydrogen (secondary N) is 1. The Labute approximate surface area is 84.7 Å². The Bertz CT molecular complexity index is 147. The van der Waals surface area contributed by atoms with Crippen molar-refractivity contribution in [1.29, 1.82) is 0 Å². The lowest BCUT2D eigenvalue weighted by molar-refractivity contribution is -0.122. The van der Waals surface area contributed by atoms with Crippen molar-refractivity contribution in [3.8, 4) is 0 Å². The van der Waals surface area contributed by atoms with Gasteiger partial charge in [0.2, 0.25) is 5.91 Å². The van der Waals surface area contributed by atoms with Gasteiger partial charge in [-0.1, -0.05) is 6.92 Å². The van der Waals surface area contributed by atoms with Crippen molar-refractivity contribution in [2.45, 2.75) is 13.3 Å². The van der Waals surface area contributed by atoms with E-state index < -0.39 is 0 Å². The lowest BCUT2D eigenvalue weighted by atomic mass is 10.4. The Morgan fingerprint density at radius 1 is 1.29 bits per heavy atom. The van der Waals surface area contributed by atoms with Gasteiger partial charge < -0.3 is 15.5 Å². The van der Waals surface area contributed by atoms with E-state index in [0.29, 0.717) is 19.6 Å². The third-order valence-electron chi connectivity index (χ3n) is 1.77. The number of carbonyl (C=O) groups is 1. The van der Waals surface area contributed by atoms with Crippen LogP contribution in [0, 0.1) is 0 Å². The van der Waals surface area contributed by atoms with Gasteiger partial charge in [0.15, 0.2) is 0 Å². The Hall–Kier alpha value is -0.650. The summed E-state index contributed by atoms with van der Waals surface area (Å²) < 4.78 is 0. The molecular formula is C9H20N2O3. The van der Waals surface area contributed by atoms with Gasteiger partial charge in [-0.3, -0.25) is 9.69 Å². The number of amides is 1. The van der Waals surface area contributed by atoms with Gasteiger partial charge >= 0.3 is 0 Å². The van der Waals surface area contributed by atoms with Crippen LogP contribution in [0.2, 0.25) is 0 Å². The van der Waals surface area contributed by atoms with E-state index in [1.807, 2.05) is 6.92 Å². The molecule has 0 aliphatic carbocycles. The zero-order valence-electron chi connectivity index (χ0n) is 8.70. The number of rotatable bonds is 8. The molecule has 0 aliphatic heterocycles. The van der Waals surface area contributed by atoms with Crippen molar-refractivity contribution in [1.82, 2.24) is 10.2 Å². The van der Waals surface area contributed by atoms with Crippen molar-refractivity contribution < 1.29 is 15.0 Å². The summed E-state index contributed by atoms with van der Waals surface area (Å²) in [6.07, 6.45) is 0.908. The van der Waals surface area contributed by atoms with E-state index in [9.17, 15) is 4.79 Å². The number of hydrogen-bond donors (Lipinski definition) is 3. The molecule has 0 spiro atoms. The average molecular weight is 204 g/mol. The minimum Gasteiger partial charge on any atom is -0.395 e. The average Bonchev–Trinajstić information content (AvgIpc) is 2.15. The highest BCUT2D eigenvalue weighted by atomic mass is 16.3. The van der Waals surface area contributed by atoms with Crippen molar-refractivity contribution >= 4 is 5.91 Å². The first-order valence-electron chi connectivity index (χ1n) is 4.95. The van der Waals surface area contributed by atoms with Crippen LogP contribution in [-0.4, -0.2) is 60.4 Å². The van der Waals surface area contributed by atoms with Crippen molar-refractivity contribution in [2.75, 3.05) is 39.4 Å². The maximum absolute atomic E-state index is 11.2. The molecule has 0 unspecified atom stereocenters. The Morgan fingerprint density at radius 2 is 1.86 bits per heavy atom. The highest BCUT2D eigenvalue weighted by Gasteiger charge is 2.08. The van der Waals surface area contributed by atoms with Crippen LogP contribution in [0.1, 0.15) is 13.3 Å². The number of aliphatic hydroxyl groups is 2. The Kier molecular flexibility index (Phi) is 8.51. The minimum atomic E-state index is -0.0613. The van der Waals surface area contributed by atoms with Crippen LogP contribution in [-0.2, 0) is 4.79 Å². The second kappa shape index (κ2) is 8.93. The van der Waals surface area contributed by atoms with E-state index >= 15 is 0 Å². The SMILES string of the molecule is CCCNC(=O)CN(CCO)CCO. The third-order valence-corrected chi connectivity index (χ3v) is 1.77. The monoisotopic (exact) mass is 204 g/mol. The summed E-state index contributed by atoms with van der Waals surface area (Å²) in [5.74, 6) is -0.0613. The molecule has 0 saturated heterocycles. The second-order valence-corrected chi connectivity index (χ2v) is 3.07. The second-order valence-electron chi connectivity index (χ2n) is 3.07. The summed E-state index contributed by atoms with van der Waals surface area (Å²) in [6, 6.07) is 0. The van der Waals surface area contributed by atoms with Gasteiger partial charge in [-0.25, -0.2) is 0 Å². The van der Waals surface area contributed by atoms with Crippen LogP contribution in [0.25, 0.3) is 0 Å². The summed E-state index contributed by atoms with van der Waals surface area (Å²) >= 11 is 0. The molecule has 84 valence electrons. The van der Waals surface area contributed by atoms with Gasteiger partial charge in [-0.05, 0) is 6.42 Å². The number of carbonyl (C=O) groups excluding carboxylic acids is 1. The summed E-state index contributed by atoms with van der Waals surface area (Å²) in [6.45, 7) is 3.73. The van der Waals surface area contributed by atoms with E-state index in [-0.39, 0.29) is 25.7 Å². The first-order chi connectivity index (χ1) is 6.74. The van der Waals surface area contributed by atoms with Crippen molar-refractivity contribution in [3.63, 3.8) is 0 Å². The molecule has 0 rings (SSSR count). The number of nitrogens with zero attached hydrogens (tertiary/aromatic N) is 1. The molecule has 0 heterocycles. The molecule has 0 aromatic rings. The summed E-state index contributed by atoms with van der Waals surface area (Å²) in [5.41, 5.74) is 0. The van der Waals surface area contributed by atoms with E-state index in [2.05, 4.69) is 5.32 Å². The standard InChI is InChI=1S/C9H20N2O3/c1-2-3-10-9(14)8-11(4-6-12)5-7-13/h12-13H,2-8H2,1H3,(H,10,14). The molecule has 0 radical (unpaired) electrons. The molecule has 0 aliphatic rings. The van der Waals surface area contributed by atoms with Crippen LogP contribution in [0.3, 0.4) is 0 Å².